The van der Waals surface area contributed by atoms with E-state index in [0.29, 0.717) is 23.0 Å². The largest absolute Gasteiger partial charge is 0.393 e. The lowest BCUT2D eigenvalue weighted by atomic mass is 10.1. The summed E-state index contributed by atoms with van der Waals surface area (Å²) in [5.41, 5.74) is 0.684. The molecule has 0 aliphatic carbocycles. The zero-order valence-electron chi connectivity index (χ0n) is 11.6. The fourth-order valence-electron chi connectivity index (χ4n) is 1.89. The standard InChI is InChI=1S/C14H20BrFN2O2/c1-9(3-10(2)19)7-17-14(20)18-8-11-4-12(15)6-13(16)5-11/h4-6,9-10,19H,3,7-8H2,1-2H3,(H2,17,18,20). The van der Waals surface area contributed by atoms with Crippen molar-refractivity contribution >= 4 is 22.0 Å². The highest BCUT2D eigenvalue weighted by molar-refractivity contribution is 9.10. The number of halogens is 2. The van der Waals surface area contributed by atoms with Crippen molar-refractivity contribution in [3.05, 3.63) is 34.1 Å². The molecule has 2 amide bonds. The van der Waals surface area contributed by atoms with E-state index in [2.05, 4.69) is 26.6 Å². The third-order valence-corrected chi connectivity index (χ3v) is 3.19. The molecular formula is C14H20BrFN2O2. The Morgan fingerprint density at radius 3 is 2.65 bits per heavy atom. The molecule has 6 heteroatoms. The van der Waals surface area contributed by atoms with Crippen molar-refractivity contribution in [3.8, 4) is 0 Å². The summed E-state index contributed by atoms with van der Waals surface area (Å²) in [5.74, 6) is -0.147. The van der Waals surface area contributed by atoms with Crippen LogP contribution in [-0.4, -0.2) is 23.8 Å². The number of benzene rings is 1. The van der Waals surface area contributed by atoms with Gasteiger partial charge in [-0.05, 0) is 43.0 Å². The zero-order valence-corrected chi connectivity index (χ0v) is 13.2. The fraction of sp³-hybridized carbons (Fsp3) is 0.500. The second-order valence-electron chi connectivity index (χ2n) is 5.03. The first-order chi connectivity index (χ1) is 9.36. The highest BCUT2D eigenvalue weighted by Crippen LogP contribution is 2.14. The summed E-state index contributed by atoms with van der Waals surface area (Å²) in [5, 5.41) is 14.6. The number of amides is 2. The van der Waals surface area contributed by atoms with Gasteiger partial charge in [-0.1, -0.05) is 22.9 Å². The molecule has 0 aliphatic rings. The van der Waals surface area contributed by atoms with Crippen molar-refractivity contribution in [1.29, 1.82) is 0 Å². The van der Waals surface area contributed by atoms with Gasteiger partial charge in [0, 0.05) is 17.6 Å². The monoisotopic (exact) mass is 346 g/mol. The Morgan fingerprint density at radius 1 is 1.35 bits per heavy atom. The lowest BCUT2D eigenvalue weighted by Crippen LogP contribution is -2.37. The number of hydrogen-bond acceptors (Lipinski definition) is 2. The normalized spacial score (nSPS) is 13.7. The molecule has 0 saturated carbocycles. The van der Waals surface area contributed by atoms with Gasteiger partial charge >= 0.3 is 6.03 Å². The van der Waals surface area contributed by atoms with Crippen LogP contribution in [0.1, 0.15) is 25.8 Å². The van der Waals surface area contributed by atoms with Crippen LogP contribution in [0.5, 0.6) is 0 Å². The van der Waals surface area contributed by atoms with Crippen molar-refractivity contribution in [2.45, 2.75) is 32.9 Å². The molecule has 1 aromatic carbocycles. The summed E-state index contributed by atoms with van der Waals surface area (Å²) >= 11 is 3.20. The van der Waals surface area contributed by atoms with E-state index in [1.54, 1.807) is 13.0 Å². The first-order valence-electron chi connectivity index (χ1n) is 6.51. The molecule has 0 bridgehead atoms. The zero-order chi connectivity index (χ0) is 15.1. The van der Waals surface area contributed by atoms with Crippen LogP contribution in [0, 0.1) is 11.7 Å². The number of rotatable bonds is 6. The van der Waals surface area contributed by atoms with Crippen LogP contribution in [0.3, 0.4) is 0 Å². The number of hydrogen-bond donors (Lipinski definition) is 3. The van der Waals surface area contributed by atoms with E-state index >= 15 is 0 Å². The molecule has 0 saturated heterocycles. The number of aliphatic hydroxyl groups excluding tert-OH is 1. The highest BCUT2D eigenvalue weighted by atomic mass is 79.9. The van der Waals surface area contributed by atoms with Crippen LogP contribution in [-0.2, 0) is 6.54 Å². The van der Waals surface area contributed by atoms with Crippen LogP contribution in [0.2, 0.25) is 0 Å². The van der Waals surface area contributed by atoms with Gasteiger partial charge in [-0.2, -0.15) is 0 Å². The van der Waals surface area contributed by atoms with Gasteiger partial charge in [0.05, 0.1) is 6.10 Å². The van der Waals surface area contributed by atoms with Crippen LogP contribution in [0.4, 0.5) is 9.18 Å². The Balaban J connectivity index is 2.32. The second kappa shape index (κ2) is 8.21. The lowest BCUT2D eigenvalue weighted by molar-refractivity contribution is 0.163. The molecule has 3 N–H and O–H groups in total. The average molecular weight is 347 g/mol. The molecule has 0 fully saturated rings. The SMILES string of the molecule is CC(O)CC(C)CNC(=O)NCc1cc(F)cc(Br)c1. The number of carbonyl (C=O) groups excluding carboxylic acids is 1. The van der Waals surface area contributed by atoms with Gasteiger partial charge in [0.25, 0.3) is 0 Å². The lowest BCUT2D eigenvalue weighted by Gasteiger charge is -2.14. The minimum atomic E-state index is -0.375. The summed E-state index contributed by atoms with van der Waals surface area (Å²) in [6.45, 7) is 4.42. The van der Waals surface area contributed by atoms with Gasteiger partial charge in [0.1, 0.15) is 5.82 Å². The third kappa shape index (κ3) is 6.86. The topological polar surface area (TPSA) is 61.4 Å². The molecule has 1 aromatic rings. The molecule has 0 heterocycles. The predicted octanol–water partition coefficient (Wildman–Crippen LogP) is 2.79. The van der Waals surface area contributed by atoms with Gasteiger partial charge in [-0.25, -0.2) is 9.18 Å². The Kier molecular flexibility index (Phi) is 6.95. The minimum absolute atomic E-state index is 0.198. The Morgan fingerprint density at radius 2 is 2.05 bits per heavy atom. The summed E-state index contributed by atoms with van der Waals surface area (Å²) in [7, 11) is 0. The summed E-state index contributed by atoms with van der Waals surface area (Å²) < 4.78 is 13.8. The molecule has 20 heavy (non-hydrogen) atoms. The fourth-order valence-corrected chi connectivity index (χ4v) is 2.40. The Hall–Kier alpha value is -1.14. The maximum atomic E-state index is 13.1. The first-order valence-corrected chi connectivity index (χ1v) is 7.31. The first kappa shape index (κ1) is 16.9. The van der Waals surface area contributed by atoms with Gasteiger partial charge < -0.3 is 15.7 Å². The smallest absolute Gasteiger partial charge is 0.315 e. The molecule has 2 atom stereocenters. The van der Waals surface area contributed by atoms with Crippen LogP contribution in [0.15, 0.2) is 22.7 Å². The van der Waals surface area contributed by atoms with E-state index in [9.17, 15) is 14.3 Å². The maximum Gasteiger partial charge on any atom is 0.315 e. The number of urea groups is 1. The summed E-state index contributed by atoms with van der Waals surface area (Å²) in [6.07, 6.45) is 0.261. The van der Waals surface area contributed by atoms with Gasteiger partial charge in [-0.3, -0.25) is 0 Å². The maximum absolute atomic E-state index is 13.1. The Labute approximate surface area is 126 Å². The van der Waals surface area contributed by atoms with Gasteiger partial charge in [0.2, 0.25) is 0 Å². The van der Waals surface area contributed by atoms with Gasteiger partial charge in [-0.15, -0.1) is 0 Å². The molecule has 112 valence electrons. The summed E-state index contributed by atoms with van der Waals surface area (Å²) in [4.78, 5) is 11.6. The van der Waals surface area contributed by atoms with Crippen molar-refractivity contribution in [1.82, 2.24) is 10.6 Å². The quantitative estimate of drug-likeness (QED) is 0.741. The number of nitrogens with one attached hydrogen (secondary N) is 2. The highest BCUT2D eigenvalue weighted by Gasteiger charge is 2.08. The van der Waals surface area contributed by atoms with E-state index in [-0.39, 0.29) is 30.4 Å². The predicted molar refractivity (Wildman–Crippen MR) is 79.8 cm³/mol. The van der Waals surface area contributed by atoms with E-state index < -0.39 is 0 Å². The van der Waals surface area contributed by atoms with Crippen LogP contribution < -0.4 is 10.6 Å². The van der Waals surface area contributed by atoms with E-state index in [4.69, 9.17) is 0 Å². The van der Waals surface area contributed by atoms with E-state index in [0.717, 1.165) is 0 Å². The second-order valence-corrected chi connectivity index (χ2v) is 5.95. The van der Waals surface area contributed by atoms with Crippen LogP contribution in [0.25, 0.3) is 0 Å². The molecule has 0 aromatic heterocycles. The van der Waals surface area contributed by atoms with Crippen LogP contribution >= 0.6 is 15.9 Å². The summed E-state index contributed by atoms with van der Waals surface area (Å²) in [6, 6.07) is 4.18. The molecule has 0 radical (unpaired) electrons. The van der Waals surface area contributed by atoms with E-state index in [1.165, 1.54) is 12.1 Å². The molecule has 4 nitrogen and oxygen atoms in total. The van der Waals surface area contributed by atoms with Gasteiger partial charge in [0.15, 0.2) is 0 Å². The average Bonchev–Trinajstić information content (AvgIpc) is 2.32. The molecule has 2 unspecified atom stereocenters. The van der Waals surface area contributed by atoms with Crippen molar-refractivity contribution in [2.75, 3.05) is 6.54 Å². The van der Waals surface area contributed by atoms with E-state index in [1.807, 2.05) is 6.92 Å². The minimum Gasteiger partial charge on any atom is -0.393 e. The molecule has 0 spiro atoms. The number of aliphatic hydroxyl groups is 1. The van der Waals surface area contributed by atoms with Crippen molar-refractivity contribution in [3.63, 3.8) is 0 Å². The molecule has 0 aliphatic heterocycles. The van der Waals surface area contributed by atoms with Crippen molar-refractivity contribution in [2.24, 2.45) is 5.92 Å². The number of carbonyl (C=O) groups is 1. The third-order valence-electron chi connectivity index (χ3n) is 2.73. The molecular weight excluding hydrogens is 327 g/mol. The Bertz CT molecular complexity index is 435. The van der Waals surface area contributed by atoms with Crippen molar-refractivity contribution < 1.29 is 14.3 Å². The molecule has 1 rings (SSSR count).